The molecule has 2 N–H and O–H groups in total. The standard InChI is InChI=1S/C14H20N2O2/c1-10(16(2)11-7-8-11)9-15-13-6-4-3-5-12(13)14(17)18/h3-6,10-11,15H,7-9H2,1-2H3,(H,17,18). The normalized spacial score (nSPS) is 16.6. The number of likely N-dealkylation sites (N-methyl/N-ethyl adjacent to an activating group) is 1. The van der Waals surface area contributed by atoms with E-state index >= 15 is 0 Å². The van der Waals surface area contributed by atoms with Crippen LogP contribution in [-0.2, 0) is 0 Å². The maximum atomic E-state index is 11.1. The van der Waals surface area contributed by atoms with Crippen molar-refractivity contribution in [3.05, 3.63) is 29.8 Å². The first-order valence-corrected chi connectivity index (χ1v) is 6.37. The summed E-state index contributed by atoms with van der Waals surface area (Å²) < 4.78 is 0. The molecule has 1 aromatic carbocycles. The maximum absolute atomic E-state index is 11.1. The summed E-state index contributed by atoms with van der Waals surface area (Å²) in [6, 6.07) is 8.15. The van der Waals surface area contributed by atoms with Gasteiger partial charge >= 0.3 is 5.97 Å². The number of nitrogens with one attached hydrogen (secondary N) is 1. The first kappa shape index (κ1) is 12.9. The van der Waals surface area contributed by atoms with Crippen LogP contribution in [0.3, 0.4) is 0 Å². The van der Waals surface area contributed by atoms with Gasteiger partial charge in [-0.15, -0.1) is 0 Å². The zero-order chi connectivity index (χ0) is 13.1. The summed E-state index contributed by atoms with van der Waals surface area (Å²) in [7, 11) is 2.13. The Hall–Kier alpha value is -1.55. The SMILES string of the molecule is CC(CNc1ccccc1C(=O)O)N(C)C1CC1. The smallest absolute Gasteiger partial charge is 0.337 e. The molecule has 0 bridgehead atoms. The Morgan fingerprint density at radius 2 is 2.17 bits per heavy atom. The van der Waals surface area contributed by atoms with Crippen molar-refractivity contribution in [2.45, 2.75) is 31.8 Å². The number of para-hydroxylation sites is 1. The van der Waals surface area contributed by atoms with Crippen molar-refractivity contribution in [3.63, 3.8) is 0 Å². The molecule has 0 amide bonds. The van der Waals surface area contributed by atoms with Crippen LogP contribution in [0.1, 0.15) is 30.1 Å². The minimum absolute atomic E-state index is 0.332. The molecule has 0 aliphatic heterocycles. The van der Waals surface area contributed by atoms with Crippen LogP contribution in [0.15, 0.2) is 24.3 Å². The molecule has 1 atom stereocenters. The summed E-state index contributed by atoms with van der Waals surface area (Å²) in [5, 5.41) is 12.3. The number of aromatic carboxylic acids is 1. The topological polar surface area (TPSA) is 52.6 Å². The van der Waals surface area contributed by atoms with E-state index in [0.29, 0.717) is 17.3 Å². The van der Waals surface area contributed by atoms with E-state index in [9.17, 15) is 4.79 Å². The molecule has 0 saturated heterocycles. The Labute approximate surface area is 108 Å². The van der Waals surface area contributed by atoms with Gasteiger partial charge in [0.1, 0.15) is 0 Å². The van der Waals surface area contributed by atoms with Gasteiger partial charge in [-0.1, -0.05) is 12.1 Å². The molecule has 4 nitrogen and oxygen atoms in total. The van der Waals surface area contributed by atoms with E-state index in [2.05, 4.69) is 24.2 Å². The van der Waals surface area contributed by atoms with Gasteiger partial charge in [-0.25, -0.2) is 4.79 Å². The third-order valence-electron chi connectivity index (χ3n) is 3.56. The quantitative estimate of drug-likeness (QED) is 0.811. The molecule has 4 heteroatoms. The number of rotatable bonds is 6. The Balaban J connectivity index is 1.95. The van der Waals surface area contributed by atoms with Crippen molar-refractivity contribution < 1.29 is 9.90 Å². The number of nitrogens with zero attached hydrogens (tertiary/aromatic N) is 1. The molecule has 0 radical (unpaired) electrons. The van der Waals surface area contributed by atoms with Gasteiger partial charge in [0.15, 0.2) is 0 Å². The molecular formula is C14H20N2O2. The molecule has 0 spiro atoms. The van der Waals surface area contributed by atoms with Crippen LogP contribution in [0.4, 0.5) is 5.69 Å². The molecule has 18 heavy (non-hydrogen) atoms. The van der Waals surface area contributed by atoms with Crippen molar-refractivity contribution in [1.29, 1.82) is 0 Å². The van der Waals surface area contributed by atoms with Crippen LogP contribution in [0.2, 0.25) is 0 Å². The number of carboxylic acid groups (broad SMARTS) is 1. The molecule has 98 valence electrons. The van der Waals surface area contributed by atoms with Crippen molar-refractivity contribution in [2.75, 3.05) is 18.9 Å². The molecule has 1 unspecified atom stereocenters. The zero-order valence-corrected chi connectivity index (χ0v) is 10.9. The van der Waals surface area contributed by atoms with Crippen LogP contribution in [0.5, 0.6) is 0 Å². The average Bonchev–Trinajstić information content (AvgIpc) is 3.19. The fraction of sp³-hybridized carbons (Fsp3) is 0.500. The fourth-order valence-corrected chi connectivity index (χ4v) is 2.07. The molecule has 1 aliphatic carbocycles. The van der Waals surface area contributed by atoms with Gasteiger partial charge in [-0.2, -0.15) is 0 Å². The van der Waals surface area contributed by atoms with Crippen molar-refractivity contribution in [1.82, 2.24) is 4.90 Å². The monoisotopic (exact) mass is 248 g/mol. The fourth-order valence-electron chi connectivity index (χ4n) is 2.07. The van der Waals surface area contributed by atoms with Gasteiger partial charge in [0.25, 0.3) is 0 Å². The van der Waals surface area contributed by atoms with Gasteiger partial charge in [-0.05, 0) is 38.9 Å². The largest absolute Gasteiger partial charge is 0.478 e. The van der Waals surface area contributed by atoms with E-state index in [0.717, 1.165) is 12.6 Å². The minimum atomic E-state index is -0.888. The third kappa shape index (κ3) is 3.01. The lowest BCUT2D eigenvalue weighted by molar-refractivity contribution is 0.0698. The number of carbonyl (C=O) groups is 1. The maximum Gasteiger partial charge on any atom is 0.337 e. The summed E-state index contributed by atoms with van der Waals surface area (Å²) in [5.74, 6) is -0.888. The Bertz CT molecular complexity index is 430. The van der Waals surface area contributed by atoms with Crippen molar-refractivity contribution in [2.24, 2.45) is 0 Å². The molecule has 1 aliphatic rings. The van der Waals surface area contributed by atoms with Gasteiger partial charge in [-0.3, -0.25) is 4.90 Å². The molecule has 2 rings (SSSR count). The first-order valence-electron chi connectivity index (χ1n) is 6.37. The highest BCUT2D eigenvalue weighted by molar-refractivity contribution is 5.94. The van der Waals surface area contributed by atoms with Crippen LogP contribution < -0.4 is 5.32 Å². The van der Waals surface area contributed by atoms with Crippen LogP contribution in [-0.4, -0.2) is 41.7 Å². The van der Waals surface area contributed by atoms with Crippen molar-refractivity contribution in [3.8, 4) is 0 Å². The number of carboxylic acids is 1. The lowest BCUT2D eigenvalue weighted by Crippen LogP contribution is -2.36. The van der Waals surface area contributed by atoms with Gasteiger partial charge in [0, 0.05) is 24.3 Å². The highest BCUT2D eigenvalue weighted by Crippen LogP contribution is 2.27. The van der Waals surface area contributed by atoms with Gasteiger partial charge in [0.2, 0.25) is 0 Å². The van der Waals surface area contributed by atoms with E-state index < -0.39 is 5.97 Å². The Morgan fingerprint density at radius 3 is 2.78 bits per heavy atom. The van der Waals surface area contributed by atoms with E-state index in [1.165, 1.54) is 12.8 Å². The minimum Gasteiger partial charge on any atom is -0.478 e. The molecule has 0 aromatic heterocycles. The number of hydrogen-bond donors (Lipinski definition) is 2. The Morgan fingerprint density at radius 1 is 1.50 bits per heavy atom. The molecule has 1 fully saturated rings. The second-order valence-corrected chi connectivity index (χ2v) is 4.98. The van der Waals surface area contributed by atoms with Crippen LogP contribution in [0.25, 0.3) is 0 Å². The van der Waals surface area contributed by atoms with Crippen molar-refractivity contribution >= 4 is 11.7 Å². The van der Waals surface area contributed by atoms with E-state index in [1.54, 1.807) is 12.1 Å². The second kappa shape index (κ2) is 5.40. The predicted molar refractivity (Wildman–Crippen MR) is 72.1 cm³/mol. The highest BCUT2D eigenvalue weighted by atomic mass is 16.4. The molecule has 1 saturated carbocycles. The van der Waals surface area contributed by atoms with E-state index in [-0.39, 0.29) is 0 Å². The summed E-state index contributed by atoms with van der Waals surface area (Å²) in [4.78, 5) is 13.4. The zero-order valence-electron chi connectivity index (χ0n) is 10.9. The summed E-state index contributed by atoms with van der Waals surface area (Å²) in [6.45, 7) is 2.92. The van der Waals surface area contributed by atoms with E-state index in [4.69, 9.17) is 5.11 Å². The van der Waals surface area contributed by atoms with Gasteiger partial charge in [0.05, 0.1) is 5.56 Å². The molecular weight excluding hydrogens is 228 g/mol. The van der Waals surface area contributed by atoms with Gasteiger partial charge < -0.3 is 10.4 Å². The third-order valence-corrected chi connectivity index (χ3v) is 3.56. The molecule has 1 aromatic rings. The first-order chi connectivity index (χ1) is 8.59. The van der Waals surface area contributed by atoms with Crippen LogP contribution in [0, 0.1) is 0 Å². The van der Waals surface area contributed by atoms with Crippen LogP contribution >= 0.6 is 0 Å². The lowest BCUT2D eigenvalue weighted by Gasteiger charge is -2.25. The second-order valence-electron chi connectivity index (χ2n) is 4.98. The summed E-state index contributed by atoms with van der Waals surface area (Å²) in [5.41, 5.74) is 1.03. The number of hydrogen-bond acceptors (Lipinski definition) is 3. The number of benzene rings is 1. The number of anilines is 1. The highest BCUT2D eigenvalue weighted by Gasteiger charge is 2.28. The summed E-state index contributed by atoms with van der Waals surface area (Å²) in [6.07, 6.45) is 2.57. The Kier molecular flexibility index (Phi) is 3.87. The van der Waals surface area contributed by atoms with E-state index in [1.807, 2.05) is 12.1 Å². The lowest BCUT2D eigenvalue weighted by atomic mass is 10.1. The molecule has 0 heterocycles. The average molecular weight is 248 g/mol. The summed E-state index contributed by atoms with van der Waals surface area (Å²) >= 11 is 0. The predicted octanol–water partition coefficient (Wildman–Crippen LogP) is 2.28.